The fourth-order valence-electron chi connectivity index (χ4n) is 2.56. The van der Waals surface area contributed by atoms with Crippen LogP contribution in [0.1, 0.15) is 37.3 Å². The van der Waals surface area contributed by atoms with Crippen molar-refractivity contribution >= 4 is 6.03 Å². The van der Waals surface area contributed by atoms with Crippen LogP contribution < -0.4 is 10.6 Å². The summed E-state index contributed by atoms with van der Waals surface area (Å²) >= 11 is 0. The second kappa shape index (κ2) is 7.97. The number of urea groups is 1. The Morgan fingerprint density at radius 1 is 1.33 bits per heavy atom. The molecular formula is C18H26N4O2. The van der Waals surface area contributed by atoms with Gasteiger partial charge in [-0.3, -0.25) is 4.68 Å². The molecule has 2 aromatic rings. The van der Waals surface area contributed by atoms with E-state index in [1.807, 2.05) is 18.2 Å². The molecule has 1 aromatic carbocycles. The van der Waals surface area contributed by atoms with Crippen molar-refractivity contribution in [1.82, 2.24) is 20.4 Å². The minimum absolute atomic E-state index is 0.118. The molecular weight excluding hydrogens is 304 g/mol. The van der Waals surface area contributed by atoms with E-state index < -0.39 is 5.60 Å². The van der Waals surface area contributed by atoms with Gasteiger partial charge in [0.1, 0.15) is 5.60 Å². The highest BCUT2D eigenvalue weighted by atomic mass is 16.3. The Kier molecular flexibility index (Phi) is 5.98. The van der Waals surface area contributed by atoms with Crippen LogP contribution in [0.15, 0.2) is 42.7 Å². The highest BCUT2D eigenvalue weighted by Gasteiger charge is 2.25. The minimum atomic E-state index is -1.16. The molecule has 2 amide bonds. The molecule has 0 spiro atoms. The van der Waals surface area contributed by atoms with Crippen LogP contribution in [-0.4, -0.2) is 34.0 Å². The summed E-state index contributed by atoms with van der Waals surface area (Å²) in [6, 6.07) is 9.85. The van der Waals surface area contributed by atoms with Crippen LogP contribution in [0.25, 0.3) is 0 Å². The molecule has 1 heterocycles. The predicted octanol–water partition coefficient (Wildman–Crippen LogP) is 2.12. The number of aryl methyl sites for hydroxylation is 1. The van der Waals surface area contributed by atoms with Crippen molar-refractivity contribution in [3.8, 4) is 0 Å². The molecule has 0 bridgehead atoms. The third-order valence-corrected chi connectivity index (χ3v) is 4.19. The van der Waals surface area contributed by atoms with Crippen LogP contribution in [0.5, 0.6) is 0 Å². The summed E-state index contributed by atoms with van der Waals surface area (Å²) < 4.78 is 1.62. The summed E-state index contributed by atoms with van der Waals surface area (Å²) in [6.07, 6.45) is 4.28. The fourth-order valence-corrected chi connectivity index (χ4v) is 2.56. The van der Waals surface area contributed by atoms with Gasteiger partial charge in [-0.25, -0.2) is 4.79 Å². The van der Waals surface area contributed by atoms with E-state index in [9.17, 15) is 9.90 Å². The lowest BCUT2D eigenvalue weighted by Gasteiger charge is -2.23. The van der Waals surface area contributed by atoms with Crippen molar-refractivity contribution in [3.63, 3.8) is 0 Å². The first-order valence-corrected chi connectivity index (χ1v) is 8.20. The fraction of sp³-hybridized carbons (Fsp3) is 0.444. The lowest BCUT2D eigenvalue weighted by molar-refractivity contribution is 0.0593. The van der Waals surface area contributed by atoms with E-state index in [-0.39, 0.29) is 18.5 Å². The zero-order chi connectivity index (χ0) is 17.6. The molecule has 0 radical (unpaired) electrons. The van der Waals surface area contributed by atoms with Crippen LogP contribution in [0.4, 0.5) is 4.79 Å². The minimum Gasteiger partial charge on any atom is -0.383 e. The second-order valence-electron chi connectivity index (χ2n) is 6.26. The molecule has 1 aromatic heterocycles. The van der Waals surface area contributed by atoms with E-state index in [0.29, 0.717) is 12.1 Å². The first kappa shape index (κ1) is 18.0. The zero-order valence-electron chi connectivity index (χ0n) is 14.5. The summed E-state index contributed by atoms with van der Waals surface area (Å²) in [5.41, 5.74) is 0.721. The van der Waals surface area contributed by atoms with Crippen LogP contribution in [0.2, 0.25) is 0 Å². The number of nitrogens with one attached hydrogen (secondary N) is 2. The van der Waals surface area contributed by atoms with Gasteiger partial charge in [-0.05, 0) is 18.9 Å². The number of carbonyl (C=O) groups is 1. The van der Waals surface area contributed by atoms with Crippen LogP contribution in [0, 0.1) is 0 Å². The van der Waals surface area contributed by atoms with E-state index in [4.69, 9.17) is 0 Å². The van der Waals surface area contributed by atoms with Crippen molar-refractivity contribution < 1.29 is 9.90 Å². The van der Waals surface area contributed by atoms with Gasteiger partial charge in [0.05, 0.1) is 12.7 Å². The van der Waals surface area contributed by atoms with Crippen molar-refractivity contribution in [2.24, 2.45) is 7.05 Å². The summed E-state index contributed by atoms with van der Waals surface area (Å²) in [4.78, 5) is 12.0. The number of hydrogen-bond acceptors (Lipinski definition) is 3. The SMILES string of the molecule is CCC(CNC(=O)NCC(C)(O)c1cnn(C)c1)c1ccccc1. The van der Waals surface area contributed by atoms with E-state index in [0.717, 1.165) is 6.42 Å². The number of aliphatic hydroxyl groups is 1. The molecule has 24 heavy (non-hydrogen) atoms. The highest BCUT2D eigenvalue weighted by molar-refractivity contribution is 5.74. The maximum Gasteiger partial charge on any atom is 0.314 e. The topological polar surface area (TPSA) is 79.2 Å². The monoisotopic (exact) mass is 330 g/mol. The Morgan fingerprint density at radius 2 is 2.04 bits per heavy atom. The van der Waals surface area contributed by atoms with Crippen LogP contribution >= 0.6 is 0 Å². The normalized spacial score (nSPS) is 14.7. The van der Waals surface area contributed by atoms with Gasteiger partial charge < -0.3 is 15.7 Å². The molecule has 130 valence electrons. The Bertz CT molecular complexity index is 652. The van der Waals surface area contributed by atoms with Gasteiger partial charge in [-0.2, -0.15) is 5.10 Å². The third-order valence-electron chi connectivity index (χ3n) is 4.19. The van der Waals surface area contributed by atoms with E-state index in [1.165, 1.54) is 5.56 Å². The third kappa shape index (κ3) is 4.83. The maximum atomic E-state index is 12.0. The largest absolute Gasteiger partial charge is 0.383 e. The number of hydrogen-bond donors (Lipinski definition) is 3. The van der Waals surface area contributed by atoms with Gasteiger partial charge in [0.15, 0.2) is 0 Å². The van der Waals surface area contributed by atoms with Crippen molar-refractivity contribution in [3.05, 3.63) is 53.9 Å². The van der Waals surface area contributed by atoms with Gasteiger partial charge in [0.2, 0.25) is 0 Å². The van der Waals surface area contributed by atoms with Gasteiger partial charge in [0, 0.05) is 31.3 Å². The van der Waals surface area contributed by atoms with E-state index in [2.05, 4.69) is 34.8 Å². The highest BCUT2D eigenvalue weighted by Crippen LogP contribution is 2.19. The molecule has 3 N–H and O–H groups in total. The lowest BCUT2D eigenvalue weighted by Crippen LogP contribution is -2.44. The summed E-state index contributed by atoms with van der Waals surface area (Å²) in [6.45, 7) is 4.43. The first-order valence-electron chi connectivity index (χ1n) is 8.20. The number of aromatic nitrogens is 2. The number of nitrogens with zero attached hydrogens (tertiary/aromatic N) is 2. The van der Waals surface area contributed by atoms with Crippen molar-refractivity contribution in [1.29, 1.82) is 0 Å². The number of amides is 2. The average molecular weight is 330 g/mol. The standard InChI is InChI=1S/C18H26N4O2/c1-4-14(15-8-6-5-7-9-15)10-19-17(23)20-13-18(2,24)16-11-21-22(3)12-16/h5-9,11-12,14,24H,4,10,13H2,1-3H3,(H2,19,20,23). The molecule has 0 saturated carbocycles. The summed E-state index contributed by atoms with van der Waals surface area (Å²) in [5.74, 6) is 0.274. The van der Waals surface area contributed by atoms with Crippen LogP contribution in [0.3, 0.4) is 0 Å². The van der Waals surface area contributed by atoms with Gasteiger partial charge in [0.25, 0.3) is 0 Å². The quantitative estimate of drug-likeness (QED) is 0.727. The predicted molar refractivity (Wildman–Crippen MR) is 93.7 cm³/mol. The number of benzene rings is 1. The molecule has 0 aliphatic rings. The first-order chi connectivity index (χ1) is 11.4. The second-order valence-corrected chi connectivity index (χ2v) is 6.26. The molecule has 2 rings (SSSR count). The summed E-state index contributed by atoms with van der Waals surface area (Å²) in [7, 11) is 1.79. The molecule has 2 unspecified atom stereocenters. The molecule has 0 aliphatic heterocycles. The van der Waals surface area contributed by atoms with Crippen molar-refractivity contribution in [2.75, 3.05) is 13.1 Å². The molecule has 0 saturated heterocycles. The van der Waals surface area contributed by atoms with Gasteiger partial charge in [-0.15, -0.1) is 0 Å². The zero-order valence-corrected chi connectivity index (χ0v) is 14.5. The summed E-state index contributed by atoms with van der Waals surface area (Å²) in [5, 5.41) is 20.1. The molecule has 0 aliphatic carbocycles. The number of carbonyl (C=O) groups excluding carboxylic acids is 1. The van der Waals surface area contributed by atoms with Gasteiger partial charge >= 0.3 is 6.03 Å². The maximum absolute atomic E-state index is 12.0. The van der Waals surface area contributed by atoms with Gasteiger partial charge in [-0.1, -0.05) is 37.3 Å². The Morgan fingerprint density at radius 3 is 2.62 bits per heavy atom. The Hall–Kier alpha value is -2.34. The Balaban J connectivity index is 1.82. The molecule has 0 fully saturated rings. The molecule has 2 atom stereocenters. The average Bonchev–Trinajstić information content (AvgIpc) is 3.02. The smallest absolute Gasteiger partial charge is 0.314 e. The van der Waals surface area contributed by atoms with Crippen molar-refractivity contribution in [2.45, 2.75) is 31.8 Å². The van der Waals surface area contributed by atoms with E-state index in [1.54, 1.807) is 31.0 Å². The molecule has 6 heteroatoms. The lowest BCUT2D eigenvalue weighted by atomic mass is 9.96. The number of rotatable bonds is 7. The molecule has 6 nitrogen and oxygen atoms in total. The van der Waals surface area contributed by atoms with Crippen LogP contribution in [-0.2, 0) is 12.6 Å². The van der Waals surface area contributed by atoms with E-state index >= 15 is 0 Å². The Labute approximate surface area is 142 Å².